The lowest BCUT2D eigenvalue weighted by Crippen LogP contribution is -2.32. The Morgan fingerprint density at radius 3 is 2.48 bits per heavy atom. The van der Waals surface area contributed by atoms with Crippen LogP contribution < -0.4 is 20.1 Å². The number of esters is 1. The quantitative estimate of drug-likeness (QED) is 0.447. The van der Waals surface area contributed by atoms with Crippen molar-refractivity contribution in [3.8, 4) is 11.5 Å². The normalized spacial score (nSPS) is 11.7. The van der Waals surface area contributed by atoms with Gasteiger partial charge in [0.2, 0.25) is 0 Å². The van der Waals surface area contributed by atoms with E-state index in [1.807, 2.05) is 52.8 Å². The van der Waals surface area contributed by atoms with Crippen LogP contribution in [0.2, 0.25) is 0 Å². The summed E-state index contributed by atoms with van der Waals surface area (Å²) in [5.41, 5.74) is 0.241. The molecule has 0 bridgehead atoms. The molecule has 7 nitrogen and oxygen atoms in total. The molecule has 0 radical (unpaired) electrons. The molecule has 1 aromatic rings. The number of aliphatic imine (C=N–C) groups is 1. The molecule has 0 saturated carbocycles. The number of nitrogens with zero attached hydrogens (tertiary/aromatic N) is 1. The number of carbonyl (C=O) groups is 1. The highest BCUT2D eigenvalue weighted by Gasteiger charge is 2.16. The molecule has 2 N–H and O–H groups in total. The van der Waals surface area contributed by atoms with Crippen LogP contribution >= 0.6 is 0 Å². The number of hydrogen-bond donors (Lipinski definition) is 2. The minimum absolute atomic E-state index is 0.0687. The van der Waals surface area contributed by atoms with Crippen LogP contribution in [0.3, 0.4) is 0 Å². The largest absolute Gasteiger partial charge is 0.493 e. The Labute approximate surface area is 149 Å². The number of carbonyl (C=O) groups excluding carboxylic acids is 1. The van der Waals surface area contributed by atoms with Crippen LogP contribution in [-0.2, 0) is 9.53 Å². The first kappa shape index (κ1) is 20.6. The summed E-state index contributed by atoms with van der Waals surface area (Å²) in [6.07, 6.45) is 0. The predicted octanol–water partition coefficient (Wildman–Crippen LogP) is 2.81. The molecule has 0 aliphatic rings. The smallest absolute Gasteiger partial charge is 0.328 e. The van der Waals surface area contributed by atoms with E-state index in [-0.39, 0.29) is 12.5 Å². The van der Waals surface area contributed by atoms with Gasteiger partial charge in [-0.05, 0) is 46.8 Å². The fraction of sp³-hybridized carbons (Fsp3) is 0.556. The second-order valence-corrected chi connectivity index (χ2v) is 6.21. The SMILES string of the molecule is CCNC(=NCC(=O)OC(C)(C)C)Nc1ccc(OCC)c(OC)c1. The van der Waals surface area contributed by atoms with Gasteiger partial charge >= 0.3 is 5.97 Å². The number of methoxy groups -OCH3 is 1. The second kappa shape index (κ2) is 9.76. The van der Waals surface area contributed by atoms with Crippen molar-refractivity contribution in [2.24, 2.45) is 4.99 Å². The maximum Gasteiger partial charge on any atom is 0.328 e. The Hall–Kier alpha value is -2.44. The fourth-order valence-corrected chi connectivity index (χ4v) is 1.98. The third-order valence-electron chi connectivity index (χ3n) is 2.86. The van der Waals surface area contributed by atoms with Crippen molar-refractivity contribution in [1.29, 1.82) is 0 Å². The van der Waals surface area contributed by atoms with Crippen molar-refractivity contribution in [1.82, 2.24) is 5.32 Å². The molecule has 0 aromatic heterocycles. The number of nitrogens with one attached hydrogen (secondary N) is 2. The van der Waals surface area contributed by atoms with E-state index in [0.29, 0.717) is 30.6 Å². The maximum atomic E-state index is 11.8. The lowest BCUT2D eigenvalue weighted by molar-refractivity contribution is -0.152. The van der Waals surface area contributed by atoms with Gasteiger partial charge in [-0.15, -0.1) is 0 Å². The summed E-state index contributed by atoms with van der Waals surface area (Å²) in [6.45, 7) is 10.5. The zero-order valence-electron chi connectivity index (χ0n) is 15.9. The average molecular weight is 351 g/mol. The molecule has 1 aromatic carbocycles. The Morgan fingerprint density at radius 2 is 1.92 bits per heavy atom. The van der Waals surface area contributed by atoms with Gasteiger partial charge < -0.3 is 24.8 Å². The molecule has 0 aliphatic carbocycles. The molecule has 140 valence electrons. The minimum atomic E-state index is -0.527. The zero-order chi connectivity index (χ0) is 18.9. The van der Waals surface area contributed by atoms with E-state index in [1.54, 1.807) is 7.11 Å². The maximum absolute atomic E-state index is 11.8. The highest BCUT2D eigenvalue weighted by Crippen LogP contribution is 2.30. The van der Waals surface area contributed by atoms with Gasteiger partial charge in [-0.1, -0.05) is 0 Å². The summed E-state index contributed by atoms with van der Waals surface area (Å²) in [4.78, 5) is 16.1. The van der Waals surface area contributed by atoms with Crippen LogP contribution in [0.1, 0.15) is 34.6 Å². The van der Waals surface area contributed by atoms with Crippen LogP contribution in [0.5, 0.6) is 11.5 Å². The van der Waals surface area contributed by atoms with Crippen molar-refractivity contribution >= 4 is 17.6 Å². The van der Waals surface area contributed by atoms with Gasteiger partial charge in [0, 0.05) is 18.3 Å². The Balaban J connectivity index is 2.83. The summed E-state index contributed by atoms with van der Waals surface area (Å²) in [6, 6.07) is 5.49. The minimum Gasteiger partial charge on any atom is -0.493 e. The van der Waals surface area contributed by atoms with Gasteiger partial charge in [-0.3, -0.25) is 4.79 Å². The molecule has 7 heteroatoms. The summed E-state index contributed by atoms with van der Waals surface area (Å²) < 4.78 is 16.1. The average Bonchev–Trinajstić information content (AvgIpc) is 2.53. The predicted molar refractivity (Wildman–Crippen MR) is 99.6 cm³/mol. The van der Waals surface area contributed by atoms with Crippen LogP contribution in [0.4, 0.5) is 5.69 Å². The van der Waals surface area contributed by atoms with Crippen molar-refractivity contribution < 1.29 is 19.0 Å². The highest BCUT2D eigenvalue weighted by molar-refractivity contribution is 5.95. The number of hydrogen-bond acceptors (Lipinski definition) is 5. The Kier molecular flexibility index (Phi) is 8.04. The molecule has 0 fully saturated rings. The van der Waals surface area contributed by atoms with Gasteiger partial charge in [-0.2, -0.15) is 0 Å². The van der Waals surface area contributed by atoms with Crippen molar-refractivity contribution in [2.75, 3.05) is 32.1 Å². The summed E-state index contributed by atoms with van der Waals surface area (Å²) in [5, 5.41) is 6.22. The van der Waals surface area contributed by atoms with E-state index < -0.39 is 5.60 Å². The molecule has 0 atom stereocenters. The van der Waals surface area contributed by atoms with E-state index in [4.69, 9.17) is 14.2 Å². The van der Waals surface area contributed by atoms with Crippen LogP contribution in [0.15, 0.2) is 23.2 Å². The molecule has 0 saturated heterocycles. The van der Waals surface area contributed by atoms with E-state index in [1.165, 1.54) is 0 Å². The third kappa shape index (κ3) is 7.78. The monoisotopic (exact) mass is 351 g/mol. The van der Waals surface area contributed by atoms with E-state index >= 15 is 0 Å². The number of benzene rings is 1. The molecular formula is C18H29N3O4. The van der Waals surface area contributed by atoms with Gasteiger partial charge in [-0.25, -0.2) is 4.99 Å². The van der Waals surface area contributed by atoms with E-state index in [2.05, 4.69) is 15.6 Å². The van der Waals surface area contributed by atoms with Gasteiger partial charge in [0.25, 0.3) is 0 Å². The number of rotatable bonds is 7. The molecular weight excluding hydrogens is 322 g/mol. The lowest BCUT2D eigenvalue weighted by Gasteiger charge is -2.19. The first-order valence-electron chi connectivity index (χ1n) is 8.37. The number of ether oxygens (including phenoxy) is 3. The fourth-order valence-electron chi connectivity index (χ4n) is 1.98. The van der Waals surface area contributed by atoms with Crippen molar-refractivity contribution in [3.05, 3.63) is 18.2 Å². The third-order valence-corrected chi connectivity index (χ3v) is 2.86. The number of guanidine groups is 1. The molecule has 1 rings (SSSR count). The van der Waals surface area contributed by atoms with Crippen molar-refractivity contribution in [2.45, 2.75) is 40.2 Å². The summed E-state index contributed by atoms with van der Waals surface area (Å²) >= 11 is 0. The van der Waals surface area contributed by atoms with Crippen LogP contribution in [-0.4, -0.2) is 44.3 Å². The van der Waals surface area contributed by atoms with Gasteiger partial charge in [0.05, 0.1) is 13.7 Å². The molecule has 25 heavy (non-hydrogen) atoms. The number of anilines is 1. The molecule has 0 aliphatic heterocycles. The summed E-state index contributed by atoms with van der Waals surface area (Å²) in [7, 11) is 1.59. The first-order chi connectivity index (χ1) is 11.8. The summed E-state index contributed by atoms with van der Waals surface area (Å²) in [5.74, 6) is 1.40. The topological polar surface area (TPSA) is 81.2 Å². The molecule has 0 unspecified atom stereocenters. The zero-order valence-corrected chi connectivity index (χ0v) is 15.9. The highest BCUT2D eigenvalue weighted by atomic mass is 16.6. The molecule has 0 amide bonds. The second-order valence-electron chi connectivity index (χ2n) is 6.21. The Bertz CT molecular complexity index is 594. The molecule has 0 heterocycles. The standard InChI is InChI=1S/C18H29N3O4/c1-7-19-17(20-12-16(22)25-18(3,4)5)21-13-9-10-14(24-8-2)15(11-13)23-6/h9-11H,7-8,12H2,1-6H3,(H2,19,20,21). The van der Waals surface area contributed by atoms with Gasteiger partial charge in [0.15, 0.2) is 17.5 Å². The van der Waals surface area contributed by atoms with Gasteiger partial charge in [0.1, 0.15) is 12.1 Å². The molecule has 0 spiro atoms. The van der Waals surface area contributed by atoms with E-state index in [9.17, 15) is 4.79 Å². The van der Waals surface area contributed by atoms with Crippen LogP contribution in [0.25, 0.3) is 0 Å². The van der Waals surface area contributed by atoms with E-state index in [0.717, 1.165) is 5.69 Å². The lowest BCUT2D eigenvalue weighted by atomic mass is 10.2. The van der Waals surface area contributed by atoms with Crippen molar-refractivity contribution in [3.63, 3.8) is 0 Å². The Morgan fingerprint density at radius 1 is 1.20 bits per heavy atom. The first-order valence-corrected chi connectivity index (χ1v) is 8.37. The van der Waals surface area contributed by atoms with Crippen LogP contribution in [0, 0.1) is 0 Å².